The molecule has 1 aliphatic rings. The highest BCUT2D eigenvalue weighted by atomic mass is 127. The number of rotatable bonds is 4. The predicted molar refractivity (Wildman–Crippen MR) is 133 cm³/mol. The van der Waals surface area contributed by atoms with E-state index in [0.717, 1.165) is 26.1 Å². The molecule has 0 aromatic heterocycles. The smallest absolute Gasteiger partial charge is 0.0539 e. The van der Waals surface area contributed by atoms with Gasteiger partial charge in [-0.1, -0.05) is 72.7 Å². The third-order valence-electron chi connectivity index (χ3n) is 5.26. The van der Waals surface area contributed by atoms with Crippen LogP contribution in [0.5, 0.6) is 0 Å². The molecule has 0 nitrogen and oxygen atoms in total. The molecule has 3 aromatic carbocycles. The predicted octanol–water partition coefficient (Wildman–Crippen LogP) is 8.14. The fourth-order valence-electron chi connectivity index (χ4n) is 3.61. The first-order valence-electron chi connectivity index (χ1n) is 10.0. The molecule has 0 atom stereocenters. The largest absolute Gasteiger partial charge is 0.0832 e. The van der Waals surface area contributed by atoms with Gasteiger partial charge in [0.2, 0.25) is 0 Å². The Hall–Kier alpha value is -2.02. The van der Waals surface area contributed by atoms with E-state index in [9.17, 15) is 0 Å². The van der Waals surface area contributed by atoms with E-state index in [1.165, 1.54) is 41.5 Å². The van der Waals surface area contributed by atoms with Crippen molar-refractivity contribution in [1.82, 2.24) is 0 Å². The summed E-state index contributed by atoms with van der Waals surface area (Å²) in [5.74, 6) is 6.63. The molecule has 1 aliphatic carbocycles. The summed E-state index contributed by atoms with van der Waals surface area (Å²) < 4.78 is 1.06. The van der Waals surface area contributed by atoms with E-state index in [1.54, 1.807) is 5.57 Å². The van der Waals surface area contributed by atoms with E-state index in [4.69, 9.17) is 11.6 Å². The van der Waals surface area contributed by atoms with Crippen LogP contribution in [0.15, 0.2) is 66.2 Å². The molecule has 0 aliphatic heterocycles. The van der Waals surface area contributed by atoms with E-state index in [0.29, 0.717) is 0 Å². The summed E-state index contributed by atoms with van der Waals surface area (Å²) in [6.45, 7) is 2.25. The average Bonchev–Trinajstić information content (AvgIpc) is 3.15. The quantitative estimate of drug-likeness (QED) is 0.246. The Morgan fingerprint density at radius 3 is 2.38 bits per heavy atom. The number of allylic oxidation sites excluding steroid dienone is 1. The van der Waals surface area contributed by atoms with Crippen molar-refractivity contribution < 1.29 is 0 Å². The molecule has 0 heterocycles. The molecule has 0 saturated heterocycles. The number of hydrogen-bond acceptors (Lipinski definition) is 0. The van der Waals surface area contributed by atoms with Gasteiger partial charge in [0.05, 0.1) is 5.02 Å². The van der Waals surface area contributed by atoms with Gasteiger partial charge in [-0.05, 0) is 101 Å². The molecular weight excluding hydrogens is 487 g/mol. The Kier molecular flexibility index (Phi) is 6.43. The highest BCUT2D eigenvalue weighted by Gasteiger charge is 2.12. The van der Waals surface area contributed by atoms with Crippen molar-refractivity contribution in [3.05, 3.63) is 97.1 Å². The SMILES string of the molecule is CCCCC1=Cc2cc(C#Cc3ccc(-c4ccc(Cl)c(I)c4)cc3)ccc2C1. The average molecular weight is 509 g/mol. The standard InChI is InChI=1S/C27H22ClI/c1-2-3-4-21-16-23-12-9-20(15-25(23)17-21)6-5-19-7-10-22(11-8-19)24-13-14-26(28)27(29)18-24/h7-15,17-18H,2-4,16H2,1H3. The maximum absolute atomic E-state index is 6.13. The van der Waals surface area contributed by atoms with Gasteiger partial charge in [-0.3, -0.25) is 0 Å². The Morgan fingerprint density at radius 1 is 0.897 bits per heavy atom. The summed E-state index contributed by atoms with van der Waals surface area (Å²) in [5, 5.41) is 0.790. The first-order chi connectivity index (χ1) is 14.1. The van der Waals surface area contributed by atoms with Gasteiger partial charge >= 0.3 is 0 Å². The zero-order chi connectivity index (χ0) is 20.2. The number of unbranched alkanes of at least 4 members (excludes halogenated alkanes) is 1. The molecule has 0 spiro atoms. The van der Waals surface area contributed by atoms with Gasteiger partial charge in [-0.15, -0.1) is 0 Å². The molecule has 0 amide bonds. The van der Waals surface area contributed by atoms with Gasteiger partial charge in [-0.25, -0.2) is 0 Å². The topological polar surface area (TPSA) is 0 Å². The van der Waals surface area contributed by atoms with Crippen molar-refractivity contribution >= 4 is 40.3 Å². The monoisotopic (exact) mass is 508 g/mol. The van der Waals surface area contributed by atoms with Crippen LogP contribution in [0.3, 0.4) is 0 Å². The van der Waals surface area contributed by atoms with Gasteiger partial charge < -0.3 is 0 Å². The van der Waals surface area contributed by atoms with Crippen LogP contribution in [0.1, 0.15) is 48.4 Å². The van der Waals surface area contributed by atoms with E-state index in [1.807, 2.05) is 6.07 Å². The maximum Gasteiger partial charge on any atom is 0.0539 e. The highest BCUT2D eigenvalue weighted by molar-refractivity contribution is 14.1. The van der Waals surface area contributed by atoms with Crippen molar-refractivity contribution in [3.8, 4) is 23.0 Å². The lowest BCUT2D eigenvalue weighted by Crippen LogP contribution is -1.86. The molecule has 144 valence electrons. The minimum Gasteiger partial charge on any atom is -0.0832 e. The van der Waals surface area contributed by atoms with Crippen molar-refractivity contribution in [2.45, 2.75) is 32.6 Å². The fourth-order valence-corrected chi connectivity index (χ4v) is 4.25. The van der Waals surface area contributed by atoms with Crippen LogP contribution in [-0.4, -0.2) is 0 Å². The third-order valence-corrected chi connectivity index (χ3v) is 6.80. The zero-order valence-electron chi connectivity index (χ0n) is 16.4. The van der Waals surface area contributed by atoms with Gasteiger partial charge in [0.1, 0.15) is 0 Å². The molecule has 0 fully saturated rings. The van der Waals surface area contributed by atoms with Crippen LogP contribution >= 0.6 is 34.2 Å². The van der Waals surface area contributed by atoms with Crippen LogP contribution in [0.4, 0.5) is 0 Å². The molecule has 3 aromatic rings. The Balaban J connectivity index is 1.50. The van der Waals surface area contributed by atoms with E-state index >= 15 is 0 Å². The number of hydrogen-bond donors (Lipinski definition) is 0. The third kappa shape index (κ3) is 4.94. The molecule has 2 heteroatoms. The molecule has 0 N–H and O–H groups in total. The summed E-state index contributed by atoms with van der Waals surface area (Å²) in [6.07, 6.45) is 7.20. The normalized spacial score (nSPS) is 12.2. The Morgan fingerprint density at radius 2 is 1.62 bits per heavy atom. The highest BCUT2D eigenvalue weighted by Crippen LogP contribution is 2.29. The molecule has 29 heavy (non-hydrogen) atoms. The van der Waals surface area contributed by atoms with Crippen molar-refractivity contribution in [2.75, 3.05) is 0 Å². The lowest BCUT2D eigenvalue weighted by Gasteiger charge is -2.04. The molecule has 4 rings (SSSR count). The van der Waals surface area contributed by atoms with Gasteiger partial charge in [0.25, 0.3) is 0 Å². The minimum absolute atomic E-state index is 0.790. The maximum atomic E-state index is 6.13. The Labute approximate surface area is 192 Å². The van der Waals surface area contributed by atoms with Gasteiger partial charge in [-0.2, -0.15) is 0 Å². The van der Waals surface area contributed by atoms with E-state index < -0.39 is 0 Å². The van der Waals surface area contributed by atoms with E-state index in [2.05, 4.69) is 102 Å². The molecule has 0 unspecified atom stereocenters. The lowest BCUT2D eigenvalue weighted by molar-refractivity contribution is 0.779. The molecule has 0 bridgehead atoms. The molecular formula is C27H22ClI. The summed E-state index contributed by atoms with van der Waals surface area (Å²) in [5.41, 5.74) is 8.78. The second-order valence-corrected chi connectivity index (χ2v) is 9.02. The number of benzene rings is 3. The van der Waals surface area contributed by atoms with Crippen LogP contribution in [-0.2, 0) is 6.42 Å². The Bertz CT molecular complexity index is 1130. The number of fused-ring (bicyclic) bond motifs is 1. The lowest BCUT2D eigenvalue weighted by atomic mass is 10.0. The molecule has 0 radical (unpaired) electrons. The van der Waals surface area contributed by atoms with Crippen molar-refractivity contribution in [2.24, 2.45) is 0 Å². The summed E-state index contributed by atoms with van der Waals surface area (Å²) >= 11 is 8.39. The summed E-state index contributed by atoms with van der Waals surface area (Å²) in [6, 6.07) is 21.1. The fraction of sp³-hybridized carbons (Fsp3) is 0.185. The summed E-state index contributed by atoms with van der Waals surface area (Å²) in [7, 11) is 0. The van der Waals surface area contributed by atoms with Crippen LogP contribution in [0.2, 0.25) is 5.02 Å². The number of halogens is 2. The zero-order valence-corrected chi connectivity index (χ0v) is 19.3. The summed E-state index contributed by atoms with van der Waals surface area (Å²) in [4.78, 5) is 0. The van der Waals surface area contributed by atoms with Gasteiger partial charge in [0, 0.05) is 14.7 Å². The molecule has 0 saturated carbocycles. The van der Waals surface area contributed by atoms with Gasteiger partial charge in [0.15, 0.2) is 0 Å². The minimum atomic E-state index is 0.790. The second kappa shape index (κ2) is 9.20. The first-order valence-corrected chi connectivity index (χ1v) is 11.5. The van der Waals surface area contributed by atoms with Crippen molar-refractivity contribution in [3.63, 3.8) is 0 Å². The van der Waals surface area contributed by atoms with E-state index in [-0.39, 0.29) is 0 Å². The van der Waals surface area contributed by atoms with Crippen LogP contribution in [0.25, 0.3) is 17.2 Å². The van der Waals surface area contributed by atoms with Crippen molar-refractivity contribution in [1.29, 1.82) is 0 Å². The first kappa shape index (κ1) is 20.3. The van der Waals surface area contributed by atoms with Crippen LogP contribution < -0.4 is 0 Å². The second-order valence-electron chi connectivity index (χ2n) is 7.45. The van der Waals surface area contributed by atoms with Crippen LogP contribution in [0, 0.1) is 15.4 Å².